The zero-order chi connectivity index (χ0) is 21.8. The molecule has 0 fully saturated rings. The lowest BCUT2D eigenvalue weighted by atomic mass is 9.77. The Balaban J connectivity index is 1.98. The molecule has 1 aromatic heterocycles. The summed E-state index contributed by atoms with van der Waals surface area (Å²) in [6.45, 7) is 0. The fourth-order valence-corrected chi connectivity index (χ4v) is 6.60. The number of carbonyl (C=O) groups is 2. The summed E-state index contributed by atoms with van der Waals surface area (Å²) in [5.74, 6) is -2.03. The van der Waals surface area contributed by atoms with Gasteiger partial charge in [0.2, 0.25) is 11.8 Å². The second-order valence-corrected chi connectivity index (χ2v) is 9.67. The number of rotatable bonds is 8. The molecule has 1 unspecified atom stereocenters. The molecule has 7 heteroatoms. The first-order valence-electron chi connectivity index (χ1n) is 9.74. The van der Waals surface area contributed by atoms with Gasteiger partial charge in [0.25, 0.3) is 0 Å². The second kappa shape index (κ2) is 8.91. The minimum Gasteiger partial charge on any atom is -0.370 e. The fraction of sp³-hybridized carbons (Fsp3) is 0.125. The number of thioether (sulfide) groups is 1. The van der Waals surface area contributed by atoms with E-state index in [0.717, 1.165) is 25.7 Å². The van der Waals surface area contributed by atoms with E-state index >= 15 is 0 Å². The van der Waals surface area contributed by atoms with Crippen LogP contribution in [0.15, 0.2) is 89.3 Å². The Morgan fingerprint density at radius 3 is 1.94 bits per heavy atom. The molecular weight excluding hydrogens is 426 g/mol. The predicted molar refractivity (Wildman–Crippen MR) is 126 cm³/mol. The van der Waals surface area contributed by atoms with Gasteiger partial charge in [-0.05, 0) is 23.3 Å². The summed E-state index contributed by atoms with van der Waals surface area (Å²) in [6.07, 6.45) is -0.170. The summed E-state index contributed by atoms with van der Waals surface area (Å²) in [5.41, 5.74) is 14.1. The molecule has 5 nitrogen and oxygen atoms in total. The van der Waals surface area contributed by atoms with Crippen LogP contribution in [-0.4, -0.2) is 16.8 Å². The summed E-state index contributed by atoms with van der Waals surface area (Å²) in [6, 6.07) is 27.1. The molecule has 0 aliphatic heterocycles. The maximum Gasteiger partial charge on any atom is 0.223 e. The molecule has 1 atom stereocenters. The zero-order valence-corrected chi connectivity index (χ0v) is 18.2. The normalized spacial score (nSPS) is 12.5. The standard InChI is InChI=1S/C24H21N3O2S2/c25-21(28)15-18(22(26)29)24(16-9-3-1-4-10-16,17-11-5-2-6-12-17)31-23-27-19-13-7-8-14-20(19)30-23/h1-14,18H,15H2,(H2,25,28)(H2,26,29). The van der Waals surface area contributed by atoms with Crippen LogP contribution in [0.4, 0.5) is 0 Å². The van der Waals surface area contributed by atoms with Crippen LogP contribution in [0.25, 0.3) is 10.2 Å². The largest absolute Gasteiger partial charge is 0.370 e. The molecule has 4 N–H and O–H groups in total. The Kier molecular flexibility index (Phi) is 6.06. The smallest absolute Gasteiger partial charge is 0.223 e. The lowest BCUT2D eigenvalue weighted by Gasteiger charge is -2.39. The molecule has 0 saturated carbocycles. The highest BCUT2D eigenvalue weighted by Gasteiger charge is 2.47. The second-order valence-electron chi connectivity index (χ2n) is 7.14. The molecular formula is C24H21N3O2S2. The Hall–Kier alpha value is -3.16. The average molecular weight is 448 g/mol. The summed E-state index contributed by atoms with van der Waals surface area (Å²) in [7, 11) is 0. The van der Waals surface area contributed by atoms with Crippen LogP contribution < -0.4 is 11.5 Å². The molecule has 156 valence electrons. The van der Waals surface area contributed by atoms with Crippen molar-refractivity contribution in [3.63, 3.8) is 0 Å². The van der Waals surface area contributed by atoms with Gasteiger partial charge < -0.3 is 11.5 Å². The van der Waals surface area contributed by atoms with Gasteiger partial charge in [-0.1, -0.05) is 84.6 Å². The van der Waals surface area contributed by atoms with Crippen LogP contribution in [-0.2, 0) is 14.3 Å². The first kappa shape index (κ1) is 21.1. The summed E-state index contributed by atoms with van der Waals surface area (Å²) in [4.78, 5) is 29.6. The van der Waals surface area contributed by atoms with Gasteiger partial charge in [-0.2, -0.15) is 0 Å². The maximum absolute atomic E-state index is 12.8. The third-order valence-electron chi connectivity index (χ3n) is 5.17. The van der Waals surface area contributed by atoms with Crippen LogP contribution in [0.2, 0.25) is 0 Å². The number of thiazole rings is 1. The molecule has 3 aromatic carbocycles. The molecule has 0 radical (unpaired) electrons. The molecule has 2 amide bonds. The molecule has 31 heavy (non-hydrogen) atoms. The van der Waals surface area contributed by atoms with Crippen LogP contribution in [0.3, 0.4) is 0 Å². The quantitative estimate of drug-likeness (QED) is 0.393. The van der Waals surface area contributed by atoms with E-state index in [0.29, 0.717) is 0 Å². The van der Waals surface area contributed by atoms with Gasteiger partial charge in [-0.3, -0.25) is 9.59 Å². The van der Waals surface area contributed by atoms with Gasteiger partial charge in [0.15, 0.2) is 4.34 Å². The minimum absolute atomic E-state index is 0.170. The minimum atomic E-state index is -0.975. The van der Waals surface area contributed by atoms with Gasteiger partial charge in [-0.15, -0.1) is 11.3 Å². The van der Waals surface area contributed by atoms with Gasteiger partial charge in [0, 0.05) is 6.42 Å². The van der Waals surface area contributed by atoms with E-state index in [1.807, 2.05) is 84.9 Å². The van der Waals surface area contributed by atoms with E-state index in [-0.39, 0.29) is 6.42 Å². The molecule has 4 aromatic rings. The molecule has 0 spiro atoms. The first-order valence-corrected chi connectivity index (χ1v) is 11.4. The van der Waals surface area contributed by atoms with E-state index in [1.54, 1.807) is 11.3 Å². The number of nitrogens with two attached hydrogens (primary N) is 2. The number of para-hydroxylation sites is 1. The van der Waals surface area contributed by atoms with Gasteiger partial charge in [0.05, 0.1) is 20.9 Å². The van der Waals surface area contributed by atoms with Crippen LogP contribution in [0, 0.1) is 5.92 Å². The predicted octanol–water partition coefficient (Wildman–Crippen LogP) is 4.31. The number of hydrogen-bond acceptors (Lipinski definition) is 5. The van der Waals surface area contributed by atoms with E-state index in [9.17, 15) is 9.59 Å². The third kappa shape index (κ3) is 4.19. The van der Waals surface area contributed by atoms with Crippen molar-refractivity contribution in [1.82, 2.24) is 4.98 Å². The fourth-order valence-electron chi connectivity index (χ4n) is 3.81. The molecule has 0 aliphatic carbocycles. The zero-order valence-electron chi connectivity index (χ0n) is 16.6. The number of amides is 2. The number of hydrogen-bond donors (Lipinski definition) is 2. The highest BCUT2D eigenvalue weighted by molar-refractivity contribution is 8.02. The molecule has 0 aliphatic rings. The lowest BCUT2D eigenvalue weighted by Crippen LogP contribution is -2.43. The summed E-state index contributed by atoms with van der Waals surface area (Å²) >= 11 is 2.99. The van der Waals surface area contributed by atoms with Crippen molar-refractivity contribution >= 4 is 45.1 Å². The number of fused-ring (bicyclic) bond motifs is 1. The van der Waals surface area contributed by atoms with Crippen molar-refractivity contribution in [2.75, 3.05) is 0 Å². The van der Waals surface area contributed by atoms with Gasteiger partial charge in [0.1, 0.15) is 0 Å². The highest BCUT2D eigenvalue weighted by Crippen LogP contribution is 2.54. The molecule has 0 saturated heterocycles. The van der Waals surface area contributed by atoms with Crippen LogP contribution in [0.5, 0.6) is 0 Å². The van der Waals surface area contributed by atoms with Crippen molar-refractivity contribution in [2.45, 2.75) is 15.5 Å². The molecule has 1 heterocycles. The Labute approximate surface area is 188 Å². The van der Waals surface area contributed by atoms with E-state index in [2.05, 4.69) is 0 Å². The topological polar surface area (TPSA) is 99.1 Å². The van der Waals surface area contributed by atoms with Gasteiger partial charge in [-0.25, -0.2) is 4.98 Å². The average Bonchev–Trinajstić information content (AvgIpc) is 3.19. The number of aromatic nitrogens is 1. The van der Waals surface area contributed by atoms with Crippen LogP contribution >= 0.6 is 23.1 Å². The SMILES string of the molecule is NC(=O)CC(C(N)=O)C(Sc1nc2ccccc2s1)(c1ccccc1)c1ccccc1. The Morgan fingerprint density at radius 2 is 1.42 bits per heavy atom. The Bertz CT molecular complexity index is 1140. The maximum atomic E-state index is 12.8. The van der Waals surface area contributed by atoms with Crippen molar-refractivity contribution in [1.29, 1.82) is 0 Å². The number of primary amides is 2. The number of carbonyl (C=O) groups excluding carboxylic acids is 2. The van der Waals surface area contributed by atoms with Gasteiger partial charge >= 0.3 is 0 Å². The highest BCUT2D eigenvalue weighted by atomic mass is 32.2. The third-order valence-corrected chi connectivity index (χ3v) is 7.84. The Morgan fingerprint density at radius 1 is 0.871 bits per heavy atom. The molecule has 0 bridgehead atoms. The van der Waals surface area contributed by atoms with E-state index in [4.69, 9.17) is 16.5 Å². The first-order chi connectivity index (χ1) is 15.0. The number of benzene rings is 3. The number of nitrogens with zero attached hydrogens (tertiary/aromatic N) is 1. The van der Waals surface area contributed by atoms with E-state index < -0.39 is 22.5 Å². The van der Waals surface area contributed by atoms with E-state index in [1.165, 1.54) is 11.8 Å². The van der Waals surface area contributed by atoms with Crippen molar-refractivity contribution < 1.29 is 9.59 Å². The van der Waals surface area contributed by atoms with Crippen molar-refractivity contribution in [3.8, 4) is 0 Å². The summed E-state index contributed by atoms with van der Waals surface area (Å²) in [5, 5.41) is 0. The van der Waals surface area contributed by atoms with Crippen molar-refractivity contribution in [3.05, 3.63) is 96.1 Å². The lowest BCUT2D eigenvalue weighted by molar-refractivity contribution is -0.127. The van der Waals surface area contributed by atoms with Crippen LogP contribution in [0.1, 0.15) is 17.5 Å². The monoisotopic (exact) mass is 447 g/mol. The molecule has 4 rings (SSSR count). The summed E-state index contributed by atoms with van der Waals surface area (Å²) < 4.78 is 0.854. The van der Waals surface area contributed by atoms with Crippen molar-refractivity contribution in [2.24, 2.45) is 17.4 Å².